The van der Waals surface area contributed by atoms with E-state index in [4.69, 9.17) is 4.74 Å². The van der Waals surface area contributed by atoms with Crippen molar-refractivity contribution in [1.82, 2.24) is 20.6 Å². The van der Waals surface area contributed by atoms with Gasteiger partial charge < -0.3 is 15.4 Å². The van der Waals surface area contributed by atoms with E-state index in [2.05, 4.69) is 20.6 Å². The van der Waals surface area contributed by atoms with Gasteiger partial charge in [-0.2, -0.15) is 0 Å². The molecule has 7 heteroatoms. The second-order valence-electron chi connectivity index (χ2n) is 6.75. The van der Waals surface area contributed by atoms with Crippen LogP contribution >= 0.6 is 0 Å². The average molecular weight is 340 g/mol. The van der Waals surface area contributed by atoms with Gasteiger partial charge in [0, 0.05) is 24.2 Å². The minimum absolute atomic E-state index is 0.119. The molecule has 0 bridgehead atoms. The fraction of sp³-hybridized carbons (Fsp3) is 0.444. The zero-order valence-electron chi connectivity index (χ0n) is 13.8. The summed E-state index contributed by atoms with van der Waals surface area (Å²) in [7, 11) is 0. The number of nitrogens with zero attached hydrogens (tertiary/aromatic N) is 2. The number of fused-ring (bicyclic) bond motifs is 1. The van der Waals surface area contributed by atoms with Crippen LogP contribution in [0.2, 0.25) is 0 Å². The van der Waals surface area contributed by atoms with E-state index in [1.807, 2.05) is 12.1 Å². The minimum atomic E-state index is -0.364. The number of ether oxygens (including phenoxy) is 1. The van der Waals surface area contributed by atoms with Crippen LogP contribution in [0.15, 0.2) is 30.6 Å². The standard InChI is InChI=1S/C18H20N4O3/c23-16(13-8-12-2-1-5-20-15(12)21-10-13)22-11-14-9-18(17(24)25-14)3-6-19-7-4-18/h1-2,5,8,10,14,19H,3-4,6-7,9,11H2,(H,22,23). The Morgan fingerprint density at radius 1 is 1.36 bits per heavy atom. The Labute approximate surface area is 145 Å². The third-order valence-electron chi connectivity index (χ3n) is 5.09. The van der Waals surface area contributed by atoms with Crippen molar-refractivity contribution in [2.75, 3.05) is 19.6 Å². The number of cyclic esters (lactones) is 1. The SMILES string of the molecule is O=C(NCC1CC2(CCNCC2)C(=O)O1)c1cnc2ncccc2c1. The summed E-state index contributed by atoms with van der Waals surface area (Å²) in [6.07, 6.45) is 5.20. The molecule has 1 spiro atoms. The van der Waals surface area contributed by atoms with E-state index in [0.717, 1.165) is 31.3 Å². The van der Waals surface area contributed by atoms with E-state index in [1.165, 1.54) is 6.20 Å². The fourth-order valence-electron chi connectivity index (χ4n) is 3.66. The van der Waals surface area contributed by atoms with Gasteiger partial charge in [-0.1, -0.05) is 0 Å². The van der Waals surface area contributed by atoms with Crippen molar-refractivity contribution < 1.29 is 14.3 Å². The molecule has 0 saturated carbocycles. The van der Waals surface area contributed by atoms with Crippen LogP contribution in [0.4, 0.5) is 0 Å². The molecule has 130 valence electrons. The summed E-state index contributed by atoms with van der Waals surface area (Å²) >= 11 is 0. The second kappa shape index (κ2) is 6.40. The van der Waals surface area contributed by atoms with Crippen LogP contribution in [0.5, 0.6) is 0 Å². The summed E-state index contributed by atoms with van der Waals surface area (Å²) < 4.78 is 5.50. The highest BCUT2D eigenvalue weighted by Gasteiger charge is 2.49. The van der Waals surface area contributed by atoms with Crippen molar-refractivity contribution in [3.8, 4) is 0 Å². The summed E-state index contributed by atoms with van der Waals surface area (Å²) in [5, 5.41) is 6.94. The van der Waals surface area contributed by atoms with Crippen LogP contribution < -0.4 is 10.6 Å². The number of hydrogen-bond donors (Lipinski definition) is 2. The van der Waals surface area contributed by atoms with Gasteiger partial charge >= 0.3 is 5.97 Å². The quantitative estimate of drug-likeness (QED) is 0.811. The third kappa shape index (κ3) is 3.07. The molecule has 2 aromatic heterocycles. The van der Waals surface area contributed by atoms with E-state index < -0.39 is 0 Å². The molecule has 2 N–H and O–H groups in total. The first-order valence-electron chi connectivity index (χ1n) is 8.57. The van der Waals surface area contributed by atoms with E-state index in [0.29, 0.717) is 24.2 Å². The molecule has 0 aromatic carbocycles. The maximum atomic E-state index is 12.4. The normalized spacial score (nSPS) is 22.1. The number of aromatic nitrogens is 2. The lowest BCUT2D eigenvalue weighted by molar-refractivity contribution is -0.149. The molecule has 2 aliphatic rings. The number of amides is 1. The maximum absolute atomic E-state index is 12.4. The van der Waals surface area contributed by atoms with E-state index in [1.54, 1.807) is 12.3 Å². The molecule has 4 rings (SSSR count). The number of nitrogens with one attached hydrogen (secondary N) is 2. The predicted molar refractivity (Wildman–Crippen MR) is 90.9 cm³/mol. The lowest BCUT2D eigenvalue weighted by Crippen LogP contribution is -2.39. The molecule has 2 aromatic rings. The zero-order chi connectivity index (χ0) is 17.3. The molecule has 25 heavy (non-hydrogen) atoms. The molecule has 1 unspecified atom stereocenters. The van der Waals surface area contributed by atoms with Crippen LogP contribution in [0.25, 0.3) is 11.0 Å². The number of carbonyl (C=O) groups is 2. The number of carbonyl (C=O) groups excluding carboxylic acids is 2. The highest BCUT2D eigenvalue weighted by Crippen LogP contribution is 2.41. The molecule has 0 radical (unpaired) electrons. The lowest BCUT2D eigenvalue weighted by Gasteiger charge is -2.29. The van der Waals surface area contributed by atoms with Crippen molar-refractivity contribution in [3.63, 3.8) is 0 Å². The largest absolute Gasteiger partial charge is 0.460 e. The Balaban J connectivity index is 1.39. The topological polar surface area (TPSA) is 93.2 Å². The van der Waals surface area contributed by atoms with Gasteiger partial charge in [0.05, 0.1) is 17.5 Å². The molecule has 2 fully saturated rings. The molecular formula is C18H20N4O3. The highest BCUT2D eigenvalue weighted by molar-refractivity contribution is 5.96. The van der Waals surface area contributed by atoms with Gasteiger partial charge in [0.25, 0.3) is 5.91 Å². The van der Waals surface area contributed by atoms with Crippen LogP contribution in [0.1, 0.15) is 29.6 Å². The van der Waals surface area contributed by atoms with Crippen molar-refractivity contribution in [3.05, 3.63) is 36.2 Å². The van der Waals surface area contributed by atoms with Crippen LogP contribution in [-0.2, 0) is 9.53 Å². The van der Waals surface area contributed by atoms with Crippen molar-refractivity contribution in [2.45, 2.75) is 25.4 Å². The molecule has 2 aliphatic heterocycles. The summed E-state index contributed by atoms with van der Waals surface area (Å²) in [5.74, 6) is -0.341. The first-order valence-corrected chi connectivity index (χ1v) is 8.57. The summed E-state index contributed by atoms with van der Waals surface area (Å²) in [6, 6.07) is 5.44. The Morgan fingerprint density at radius 2 is 2.20 bits per heavy atom. The number of piperidine rings is 1. The van der Waals surface area contributed by atoms with Crippen LogP contribution in [-0.4, -0.2) is 47.6 Å². The van der Waals surface area contributed by atoms with Gasteiger partial charge in [0.2, 0.25) is 0 Å². The Kier molecular flexibility index (Phi) is 4.09. The predicted octanol–water partition coefficient (Wildman–Crippen LogP) is 1.04. The van der Waals surface area contributed by atoms with Crippen LogP contribution in [0, 0.1) is 5.41 Å². The summed E-state index contributed by atoms with van der Waals surface area (Å²) in [6.45, 7) is 2.00. The van der Waals surface area contributed by atoms with Gasteiger partial charge in [0.1, 0.15) is 6.10 Å². The minimum Gasteiger partial charge on any atom is -0.460 e. The molecule has 0 aliphatic carbocycles. The van der Waals surface area contributed by atoms with Gasteiger partial charge in [0.15, 0.2) is 5.65 Å². The van der Waals surface area contributed by atoms with Gasteiger partial charge in [-0.3, -0.25) is 9.59 Å². The fourth-order valence-corrected chi connectivity index (χ4v) is 3.66. The zero-order valence-corrected chi connectivity index (χ0v) is 13.8. The molecule has 4 heterocycles. The maximum Gasteiger partial charge on any atom is 0.312 e. The highest BCUT2D eigenvalue weighted by atomic mass is 16.6. The number of rotatable bonds is 3. The first kappa shape index (κ1) is 16.0. The second-order valence-corrected chi connectivity index (χ2v) is 6.75. The summed E-state index contributed by atoms with van der Waals surface area (Å²) in [4.78, 5) is 33.0. The lowest BCUT2D eigenvalue weighted by atomic mass is 9.76. The smallest absolute Gasteiger partial charge is 0.312 e. The first-order chi connectivity index (χ1) is 12.2. The van der Waals surface area contributed by atoms with Crippen LogP contribution in [0.3, 0.4) is 0 Å². The van der Waals surface area contributed by atoms with E-state index in [9.17, 15) is 9.59 Å². The Hall–Kier alpha value is -2.54. The number of esters is 1. The summed E-state index contributed by atoms with van der Waals surface area (Å²) in [5.41, 5.74) is 0.717. The van der Waals surface area contributed by atoms with E-state index >= 15 is 0 Å². The average Bonchev–Trinajstić information content (AvgIpc) is 2.95. The molecule has 2 saturated heterocycles. The monoisotopic (exact) mass is 340 g/mol. The molecule has 7 nitrogen and oxygen atoms in total. The molecule has 1 atom stereocenters. The van der Waals surface area contributed by atoms with Crippen molar-refractivity contribution in [1.29, 1.82) is 0 Å². The van der Waals surface area contributed by atoms with E-state index in [-0.39, 0.29) is 23.4 Å². The Morgan fingerprint density at radius 3 is 3.04 bits per heavy atom. The third-order valence-corrected chi connectivity index (χ3v) is 5.09. The molecular weight excluding hydrogens is 320 g/mol. The van der Waals surface area contributed by atoms with Gasteiger partial charge in [-0.15, -0.1) is 0 Å². The van der Waals surface area contributed by atoms with Gasteiger partial charge in [-0.05, 0) is 44.1 Å². The number of hydrogen-bond acceptors (Lipinski definition) is 6. The molecule has 1 amide bonds. The van der Waals surface area contributed by atoms with Crippen molar-refractivity contribution >= 4 is 22.9 Å². The van der Waals surface area contributed by atoms with Crippen molar-refractivity contribution in [2.24, 2.45) is 5.41 Å². The number of pyridine rings is 2. The Bertz CT molecular complexity index is 817. The van der Waals surface area contributed by atoms with Gasteiger partial charge in [-0.25, -0.2) is 9.97 Å².